The average Bonchev–Trinajstić information content (AvgIpc) is 3.08. The summed E-state index contributed by atoms with van der Waals surface area (Å²) in [5, 5.41) is 5.73. The lowest BCUT2D eigenvalue weighted by atomic mass is 10.1. The van der Waals surface area contributed by atoms with Crippen LogP contribution in [0.25, 0.3) is 11.3 Å². The van der Waals surface area contributed by atoms with Gasteiger partial charge in [-0.15, -0.1) is 11.3 Å². The minimum absolute atomic E-state index is 0.0505. The molecule has 0 fully saturated rings. The van der Waals surface area contributed by atoms with Gasteiger partial charge in [0, 0.05) is 16.6 Å². The molecule has 0 aliphatic heterocycles. The summed E-state index contributed by atoms with van der Waals surface area (Å²) in [5.41, 5.74) is 2.59. The molecule has 1 aromatic heterocycles. The second kappa shape index (κ2) is 7.39. The largest absolute Gasteiger partial charge is 0.322 e. The zero-order chi connectivity index (χ0) is 18.7. The normalized spacial score (nSPS) is 11.3. The molecule has 0 aliphatic carbocycles. The number of amides is 1. The number of carbonyl (C=O) groups is 1. The summed E-state index contributed by atoms with van der Waals surface area (Å²) >= 11 is 1.58. The molecule has 5 nitrogen and oxygen atoms in total. The number of sulfone groups is 1. The van der Waals surface area contributed by atoms with Crippen molar-refractivity contribution in [2.75, 3.05) is 11.1 Å². The number of anilines is 1. The van der Waals surface area contributed by atoms with Gasteiger partial charge in [0.25, 0.3) is 5.91 Å². The summed E-state index contributed by atoms with van der Waals surface area (Å²) in [6.07, 6.45) is 0. The highest BCUT2D eigenvalue weighted by Gasteiger charge is 2.20. The summed E-state index contributed by atoms with van der Waals surface area (Å²) in [6, 6.07) is 13.5. The number of hydrogen-bond donors (Lipinski definition) is 1. The van der Waals surface area contributed by atoms with E-state index >= 15 is 0 Å². The zero-order valence-corrected chi connectivity index (χ0v) is 16.0. The van der Waals surface area contributed by atoms with E-state index in [2.05, 4.69) is 10.3 Å². The van der Waals surface area contributed by atoms with Crippen LogP contribution in [0.3, 0.4) is 0 Å². The molecule has 3 rings (SSSR count). The Balaban J connectivity index is 1.83. The zero-order valence-electron chi connectivity index (χ0n) is 14.4. The number of rotatable bonds is 5. The molecule has 7 heteroatoms. The lowest BCUT2D eigenvalue weighted by Gasteiger charge is -2.10. The van der Waals surface area contributed by atoms with Crippen LogP contribution in [0.5, 0.6) is 0 Å². The standard InChI is InChI=1S/C19H18N2O3S2/c1-3-26(23,24)18-7-5-4-6-16(18)19(22)21-15-10-8-14(9-11-15)17-12-25-13(2)20-17/h4-12H,3H2,1-2H3,(H,21,22). The Morgan fingerprint density at radius 2 is 1.81 bits per heavy atom. The van der Waals surface area contributed by atoms with E-state index in [1.165, 1.54) is 12.1 Å². The molecule has 0 bridgehead atoms. The summed E-state index contributed by atoms with van der Waals surface area (Å²) < 4.78 is 24.4. The van der Waals surface area contributed by atoms with Gasteiger partial charge in [0.05, 0.1) is 26.9 Å². The molecule has 3 aromatic rings. The summed E-state index contributed by atoms with van der Waals surface area (Å²) in [6.45, 7) is 3.51. The van der Waals surface area contributed by atoms with Gasteiger partial charge in [-0.2, -0.15) is 0 Å². The van der Waals surface area contributed by atoms with Crippen LogP contribution in [0.1, 0.15) is 22.3 Å². The highest BCUT2D eigenvalue weighted by Crippen LogP contribution is 2.24. The SMILES string of the molecule is CCS(=O)(=O)c1ccccc1C(=O)Nc1ccc(-c2csc(C)n2)cc1. The van der Waals surface area contributed by atoms with Crippen molar-refractivity contribution < 1.29 is 13.2 Å². The Hall–Kier alpha value is -2.51. The van der Waals surface area contributed by atoms with E-state index in [-0.39, 0.29) is 16.2 Å². The maximum Gasteiger partial charge on any atom is 0.256 e. The fourth-order valence-corrected chi connectivity index (χ4v) is 4.21. The number of aryl methyl sites for hydroxylation is 1. The van der Waals surface area contributed by atoms with Crippen molar-refractivity contribution >= 4 is 32.8 Å². The third kappa shape index (κ3) is 3.84. The van der Waals surface area contributed by atoms with Gasteiger partial charge in [0.15, 0.2) is 9.84 Å². The topological polar surface area (TPSA) is 76.1 Å². The van der Waals surface area contributed by atoms with Crippen LogP contribution < -0.4 is 5.32 Å². The van der Waals surface area contributed by atoms with Crippen molar-refractivity contribution in [3.63, 3.8) is 0 Å². The number of hydrogen-bond acceptors (Lipinski definition) is 5. The van der Waals surface area contributed by atoms with Gasteiger partial charge >= 0.3 is 0 Å². The Labute approximate surface area is 156 Å². The van der Waals surface area contributed by atoms with Gasteiger partial charge in [-0.1, -0.05) is 31.2 Å². The van der Waals surface area contributed by atoms with Gasteiger partial charge < -0.3 is 5.32 Å². The van der Waals surface area contributed by atoms with E-state index in [9.17, 15) is 13.2 Å². The van der Waals surface area contributed by atoms with Crippen LogP contribution in [0.2, 0.25) is 0 Å². The third-order valence-corrected chi connectivity index (χ3v) is 6.46. The van der Waals surface area contributed by atoms with Crippen molar-refractivity contribution in [2.45, 2.75) is 18.7 Å². The highest BCUT2D eigenvalue weighted by atomic mass is 32.2. The molecule has 1 heterocycles. The molecular formula is C19H18N2O3S2. The predicted molar refractivity (Wildman–Crippen MR) is 104 cm³/mol. The highest BCUT2D eigenvalue weighted by molar-refractivity contribution is 7.91. The smallest absolute Gasteiger partial charge is 0.256 e. The van der Waals surface area contributed by atoms with Gasteiger partial charge in [0.2, 0.25) is 0 Å². The predicted octanol–water partition coefficient (Wildman–Crippen LogP) is 4.16. The molecule has 134 valence electrons. The van der Waals surface area contributed by atoms with Crippen LogP contribution in [0.4, 0.5) is 5.69 Å². The lowest BCUT2D eigenvalue weighted by Crippen LogP contribution is -2.17. The van der Waals surface area contributed by atoms with E-state index in [0.717, 1.165) is 16.3 Å². The molecule has 0 unspecified atom stereocenters. The number of nitrogens with zero attached hydrogens (tertiary/aromatic N) is 1. The molecule has 0 aliphatic rings. The van der Waals surface area contributed by atoms with E-state index in [0.29, 0.717) is 5.69 Å². The Morgan fingerprint density at radius 1 is 1.12 bits per heavy atom. The summed E-state index contributed by atoms with van der Waals surface area (Å²) in [5.74, 6) is -0.506. The fraction of sp³-hybridized carbons (Fsp3) is 0.158. The van der Waals surface area contributed by atoms with Crippen molar-refractivity contribution in [3.8, 4) is 11.3 Å². The van der Waals surface area contributed by atoms with E-state index < -0.39 is 15.7 Å². The van der Waals surface area contributed by atoms with E-state index in [4.69, 9.17) is 0 Å². The number of nitrogens with one attached hydrogen (secondary N) is 1. The van der Waals surface area contributed by atoms with Crippen LogP contribution in [0.15, 0.2) is 58.8 Å². The Morgan fingerprint density at radius 3 is 2.42 bits per heavy atom. The summed E-state index contributed by atoms with van der Waals surface area (Å²) in [4.78, 5) is 17.1. The van der Waals surface area contributed by atoms with Crippen LogP contribution >= 0.6 is 11.3 Å². The first-order chi connectivity index (χ1) is 12.4. The molecular weight excluding hydrogens is 368 g/mol. The van der Waals surface area contributed by atoms with Crippen molar-refractivity contribution in [3.05, 3.63) is 64.5 Å². The molecule has 0 radical (unpaired) electrons. The first-order valence-electron chi connectivity index (χ1n) is 8.06. The molecule has 0 atom stereocenters. The van der Waals surface area contributed by atoms with Crippen LogP contribution in [-0.4, -0.2) is 25.1 Å². The van der Waals surface area contributed by atoms with Crippen molar-refractivity contribution in [1.82, 2.24) is 4.98 Å². The van der Waals surface area contributed by atoms with Crippen molar-refractivity contribution in [2.24, 2.45) is 0 Å². The maximum absolute atomic E-state index is 12.6. The fourth-order valence-electron chi connectivity index (χ4n) is 2.50. The molecule has 1 N–H and O–H groups in total. The first kappa shape index (κ1) is 18.3. The van der Waals surface area contributed by atoms with Gasteiger partial charge in [-0.3, -0.25) is 4.79 Å². The number of aromatic nitrogens is 1. The quantitative estimate of drug-likeness (QED) is 0.714. The van der Waals surface area contributed by atoms with E-state index in [1.54, 1.807) is 42.5 Å². The molecule has 0 spiro atoms. The average molecular weight is 386 g/mol. The van der Waals surface area contributed by atoms with Gasteiger partial charge in [-0.05, 0) is 31.2 Å². The monoisotopic (exact) mass is 386 g/mol. The first-order valence-corrected chi connectivity index (χ1v) is 10.6. The number of carbonyl (C=O) groups excluding carboxylic acids is 1. The summed E-state index contributed by atoms with van der Waals surface area (Å²) in [7, 11) is -3.47. The molecule has 1 amide bonds. The Kier molecular flexibility index (Phi) is 5.20. The lowest BCUT2D eigenvalue weighted by molar-refractivity contribution is 0.102. The van der Waals surface area contributed by atoms with Crippen LogP contribution in [0, 0.1) is 6.92 Å². The molecule has 2 aromatic carbocycles. The molecule has 26 heavy (non-hydrogen) atoms. The van der Waals surface area contributed by atoms with E-state index in [1.807, 2.05) is 24.4 Å². The third-order valence-electron chi connectivity index (χ3n) is 3.90. The number of thiazole rings is 1. The Bertz CT molecular complexity index is 1040. The van der Waals surface area contributed by atoms with Gasteiger partial charge in [0.1, 0.15) is 0 Å². The van der Waals surface area contributed by atoms with Crippen LogP contribution in [-0.2, 0) is 9.84 Å². The van der Waals surface area contributed by atoms with Gasteiger partial charge in [-0.25, -0.2) is 13.4 Å². The minimum Gasteiger partial charge on any atom is -0.322 e. The second-order valence-electron chi connectivity index (χ2n) is 5.68. The minimum atomic E-state index is -3.47. The molecule has 0 saturated heterocycles. The van der Waals surface area contributed by atoms with Crippen molar-refractivity contribution in [1.29, 1.82) is 0 Å². The number of benzene rings is 2. The molecule has 0 saturated carbocycles. The maximum atomic E-state index is 12.6. The second-order valence-corrected chi connectivity index (χ2v) is 8.99.